The highest BCUT2D eigenvalue weighted by molar-refractivity contribution is 5.91. The number of esters is 1. The van der Waals surface area contributed by atoms with Crippen molar-refractivity contribution in [2.45, 2.75) is 73.3 Å². The molecule has 5 unspecified atom stereocenters. The first-order chi connectivity index (χ1) is 11.0. The molecule has 5 atom stereocenters. The summed E-state index contributed by atoms with van der Waals surface area (Å²) >= 11 is 0. The average Bonchev–Trinajstić information content (AvgIpc) is 2.76. The van der Waals surface area contributed by atoms with Crippen LogP contribution in [-0.2, 0) is 19.2 Å². The second-order valence-electron chi connectivity index (χ2n) is 8.88. The van der Waals surface area contributed by atoms with E-state index >= 15 is 0 Å². The first-order valence-corrected chi connectivity index (χ1v) is 8.96. The van der Waals surface area contributed by atoms with Crippen LogP contribution in [0.2, 0.25) is 0 Å². The Balaban J connectivity index is 2.06. The monoisotopic (exact) mass is 335 g/mol. The molecule has 0 aromatic heterocycles. The number of carbonyl (C=O) groups excluding carboxylic acids is 2. The van der Waals surface area contributed by atoms with Gasteiger partial charge in [0.05, 0.1) is 5.71 Å². The van der Waals surface area contributed by atoms with Gasteiger partial charge < -0.3 is 9.57 Å². The molecule has 3 fully saturated rings. The normalized spacial score (nSPS) is 44.2. The molecule has 0 aromatic rings. The van der Waals surface area contributed by atoms with Crippen molar-refractivity contribution in [3.05, 3.63) is 0 Å². The summed E-state index contributed by atoms with van der Waals surface area (Å²) < 4.78 is 5.89. The first kappa shape index (κ1) is 17.4. The molecule has 0 aromatic carbocycles. The summed E-state index contributed by atoms with van der Waals surface area (Å²) in [5, 5.41) is 4.19. The number of oxime groups is 1. The van der Waals surface area contributed by atoms with Crippen molar-refractivity contribution in [1.82, 2.24) is 0 Å². The van der Waals surface area contributed by atoms with Gasteiger partial charge in [-0.25, -0.2) is 4.79 Å². The minimum absolute atomic E-state index is 0.0121. The SMILES string of the molecule is CC(=O)O/N=C1\CCC2(C)C3CCC2(C)C(OC(C)=O)C3C1(C)C. The molecule has 5 heteroatoms. The molecular formula is C19H29NO4. The maximum atomic E-state index is 11.8. The third-order valence-corrected chi connectivity index (χ3v) is 7.52. The van der Waals surface area contributed by atoms with Crippen LogP contribution in [0, 0.1) is 28.1 Å². The molecule has 4 bridgehead atoms. The predicted molar refractivity (Wildman–Crippen MR) is 90.2 cm³/mol. The van der Waals surface area contributed by atoms with Gasteiger partial charge in [0.1, 0.15) is 6.10 Å². The van der Waals surface area contributed by atoms with Gasteiger partial charge in [0.2, 0.25) is 0 Å². The van der Waals surface area contributed by atoms with Crippen molar-refractivity contribution in [1.29, 1.82) is 0 Å². The number of nitrogens with zero attached hydrogens (tertiary/aromatic N) is 1. The van der Waals surface area contributed by atoms with Crippen molar-refractivity contribution in [2.24, 2.45) is 33.2 Å². The van der Waals surface area contributed by atoms with Gasteiger partial charge in [-0.3, -0.25) is 4.79 Å². The fraction of sp³-hybridized carbons (Fsp3) is 0.842. The summed E-state index contributed by atoms with van der Waals surface area (Å²) in [5.41, 5.74) is 0.786. The van der Waals surface area contributed by atoms with E-state index in [2.05, 4.69) is 32.9 Å². The number of hydrogen-bond acceptors (Lipinski definition) is 5. The minimum Gasteiger partial charge on any atom is -0.462 e. The van der Waals surface area contributed by atoms with Crippen LogP contribution in [0.5, 0.6) is 0 Å². The Labute approximate surface area is 144 Å². The van der Waals surface area contributed by atoms with E-state index in [0.717, 1.165) is 25.0 Å². The fourth-order valence-corrected chi connectivity index (χ4v) is 6.04. The van der Waals surface area contributed by atoms with E-state index in [1.54, 1.807) is 0 Å². The summed E-state index contributed by atoms with van der Waals surface area (Å²) in [6.07, 6.45) is 3.99. The fourth-order valence-electron chi connectivity index (χ4n) is 6.04. The lowest BCUT2D eigenvalue weighted by molar-refractivity contribution is -0.161. The topological polar surface area (TPSA) is 65.0 Å². The molecule has 3 rings (SSSR count). The molecule has 3 saturated carbocycles. The van der Waals surface area contributed by atoms with E-state index in [1.807, 2.05) is 0 Å². The van der Waals surface area contributed by atoms with Crippen LogP contribution in [0.3, 0.4) is 0 Å². The van der Waals surface area contributed by atoms with Gasteiger partial charge in [-0.15, -0.1) is 0 Å². The number of ether oxygens (including phenoxy) is 1. The maximum Gasteiger partial charge on any atom is 0.331 e. The zero-order valence-electron chi connectivity index (χ0n) is 15.6. The standard InChI is InChI=1S/C19H29NO4/c1-11(21)23-16-15-13-7-9-19(16,6)18(13,5)10-8-14(17(15,3)4)20-24-12(2)22/h13,15-16H,7-10H2,1-6H3/b20-14+. The zero-order chi connectivity index (χ0) is 17.9. The molecule has 0 amide bonds. The van der Waals surface area contributed by atoms with Crippen molar-refractivity contribution < 1.29 is 19.2 Å². The Morgan fingerprint density at radius 3 is 2.29 bits per heavy atom. The molecule has 134 valence electrons. The molecule has 0 N–H and O–H groups in total. The van der Waals surface area contributed by atoms with Gasteiger partial charge in [-0.05, 0) is 37.0 Å². The molecule has 0 aliphatic heterocycles. The van der Waals surface area contributed by atoms with E-state index in [1.165, 1.54) is 20.3 Å². The van der Waals surface area contributed by atoms with Gasteiger partial charge in [0, 0.05) is 30.6 Å². The van der Waals surface area contributed by atoms with Gasteiger partial charge >= 0.3 is 11.9 Å². The molecule has 3 aliphatic carbocycles. The van der Waals surface area contributed by atoms with Crippen LogP contribution in [0.4, 0.5) is 0 Å². The predicted octanol–water partition coefficient (Wildman–Crippen LogP) is 3.71. The van der Waals surface area contributed by atoms with Gasteiger partial charge in [-0.1, -0.05) is 32.9 Å². The van der Waals surface area contributed by atoms with Gasteiger partial charge in [-0.2, -0.15) is 0 Å². The Kier molecular flexibility index (Phi) is 3.85. The third kappa shape index (κ3) is 2.16. The van der Waals surface area contributed by atoms with Gasteiger partial charge in [0.15, 0.2) is 0 Å². The van der Waals surface area contributed by atoms with Gasteiger partial charge in [0.25, 0.3) is 0 Å². The van der Waals surface area contributed by atoms with Crippen LogP contribution >= 0.6 is 0 Å². The molecule has 5 nitrogen and oxygen atoms in total. The molecule has 0 saturated heterocycles. The molecule has 0 spiro atoms. The molecule has 0 radical (unpaired) electrons. The van der Waals surface area contributed by atoms with Crippen molar-refractivity contribution in [3.8, 4) is 0 Å². The van der Waals surface area contributed by atoms with Crippen LogP contribution in [0.15, 0.2) is 5.16 Å². The lowest BCUT2D eigenvalue weighted by Gasteiger charge is -2.46. The van der Waals surface area contributed by atoms with E-state index in [4.69, 9.17) is 9.57 Å². The number of hydrogen-bond donors (Lipinski definition) is 0. The lowest BCUT2D eigenvalue weighted by Crippen LogP contribution is -2.49. The Bertz CT molecular complexity index is 610. The van der Waals surface area contributed by atoms with E-state index in [9.17, 15) is 9.59 Å². The van der Waals surface area contributed by atoms with Crippen molar-refractivity contribution in [3.63, 3.8) is 0 Å². The van der Waals surface area contributed by atoms with Crippen LogP contribution in [-0.4, -0.2) is 23.8 Å². The second-order valence-corrected chi connectivity index (χ2v) is 8.88. The van der Waals surface area contributed by atoms with Crippen molar-refractivity contribution >= 4 is 17.7 Å². The van der Waals surface area contributed by atoms with E-state index < -0.39 is 5.97 Å². The number of carbonyl (C=O) groups is 2. The third-order valence-electron chi connectivity index (χ3n) is 7.52. The summed E-state index contributed by atoms with van der Waals surface area (Å²) in [6.45, 7) is 11.8. The Morgan fingerprint density at radius 1 is 1.04 bits per heavy atom. The molecule has 3 aliphatic rings. The molecule has 24 heavy (non-hydrogen) atoms. The summed E-state index contributed by atoms with van der Waals surface area (Å²) in [6, 6.07) is 0. The zero-order valence-corrected chi connectivity index (χ0v) is 15.6. The largest absolute Gasteiger partial charge is 0.462 e. The quantitative estimate of drug-likeness (QED) is 0.438. The second kappa shape index (κ2) is 5.30. The Morgan fingerprint density at radius 2 is 1.71 bits per heavy atom. The maximum absolute atomic E-state index is 11.8. The summed E-state index contributed by atoms with van der Waals surface area (Å²) in [4.78, 5) is 28.0. The summed E-state index contributed by atoms with van der Waals surface area (Å²) in [5.74, 6) is 0.105. The van der Waals surface area contributed by atoms with Crippen LogP contribution in [0.25, 0.3) is 0 Å². The smallest absolute Gasteiger partial charge is 0.331 e. The minimum atomic E-state index is -0.399. The summed E-state index contributed by atoms with van der Waals surface area (Å²) in [7, 11) is 0. The van der Waals surface area contributed by atoms with Crippen LogP contribution < -0.4 is 0 Å². The van der Waals surface area contributed by atoms with E-state index in [0.29, 0.717) is 5.92 Å². The van der Waals surface area contributed by atoms with Crippen LogP contribution in [0.1, 0.15) is 67.2 Å². The Hall–Kier alpha value is -1.39. The number of rotatable bonds is 2. The highest BCUT2D eigenvalue weighted by atomic mass is 16.7. The molecular weight excluding hydrogens is 306 g/mol. The highest BCUT2D eigenvalue weighted by Gasteiger charge is 2.73. The average molecular weight is 335 g/mol. The van der Waals surface area contributed by atoms with E-state index in [-0.39, 0.29) is 34.2 Å². The highest BCUT2D eigenvalue weighted by Crippen LogP contribution is 2.74. The van der Waals surface area contributed by atoms with Crippen molar-refractivity contribution in [2.75, 3.05) is 0 Å². The molecule has 0 heterocycles. The lowest BCUT2D eigenvalue weighted by atomic mass is 9.62. The first-order valence-electron chi connectivity index (χ1n) is 8.96.